The minimum atomic E-state index is -0.0802. The quantitative estimate of drug-likeness (QED) is 0.285. The number of aryl methyl sites for hydroxylation is 3. The highest BCUT2D eigenvalue weighted by molar-refractivity contribution is 14.0. The van der Waals surface area contributed by atoms with Gasteiger partial charge in [-0.1, -0.05) is 6.07 Å². The van der Waals surface area contributed by atoms with E-state index < -0.39 is 0 Å². The molecule has 7 nitrogen and oxygen atoms in total. The van der Waals surface area contributed by atoms with Gasteiger partial charge in [0, 0.05) is 43.5 Å². The molecule has 2 aromatic heterocycles. The molecule has 3 N–H and O–H groups in total. The highest BCUT2D eigenvalue weighted by Gasteiger charge is 2.05. The SMILES string of the molecule is CCNC(=NCCc1nc(C)c(C)s1)NCCC(=O)Nc1ccc(C)cn1.I. The number of carbonyl (C=O) groups excluding carboxylic acids is 1. The second kappa shape index (κ2) is 12.7. The predicted molar refractivity (Wildman–Crippen MR) is 127 cm³/mol. The molecule has 0 spiro atoms. The molecule has 0 saturated heterocycles. The molecule has 0 bridgehead atoms. The van der Waals surface area contributed by atoms with E-state index >= 15 is 0 Å². The van der Waals surface area contributed by atoms with Crippen molar-refractivity contribution in [3.63, 3.8) is 0 Å². The van der Waals surface area contributed by atoms with Gasteiger partial charge in [-0.3, -0.25) is 9.79 Å². The van der Waals surface area contributed by atoms with Crippen molar-refractivity contribution in [3.05, 3.63) is 39.5 Å². The number of pyridine rings is 1. The molecule has 0 aliphatic heterocycles. The highest BCUT2D eigenvalue weighted by atomic mass is 127. The molecular weight excluding hydrogens is 487 g/mol. The Labute approximate surface area is 187 Å². The average Bonchev–Trinajstić information content (AvgIpc) is 2.95. The van der Waals surface area contributed by atoms with Crippen LogP contribution in [-0.2, 0) is 11.2 Å². The normalized spacial score (nSPS) is 10.9. The lowest BCUT2D eigenvalue weighted by atomic mass is 10.3. The molecule has 2 heterocycles. The van der Waals surface area contributed by atoms with Gasteiger partial charge >= 0.3 is 0 Å². The fraction of sp³-hybridized carbons (Fsp3) is 0.474. The summed E-state index contributed by atoms with van der Waals surface area (Å²) >= 11 is 1.72. The molecule has 0 aliphatic rings. The van der Waals surface area contributed by atoms with Crippen molar-refractivity contribution >= 4 is 53.0 Å². The molecule has 0 aromatic carbocycles. The molecule has 1 amide bonds. The zero-order valence-electron chi connectivity index (χ0n) is 16.8. The van der Waals surface area contributed by atoms with Gasteiger partial charge in [-0.2, -0.15) is 0 Å². The monoisotopic (exact) mass is 516 g/mol. The van der Waals surface area contributed by atoms with E-state index in [0.29, 0.717) is 31.3 Å². The third-order valence-corrected chi connectivity index (χ3v) is 4.97. The Morgan fingerprint density at radius 2 is 2.00 bits per heavy atom. The van der Waals surface area contributed by atoms with Crippen molar-refractivity contribution in [2.75, 3.05) is 25.0 Å². The number of aromatic nitrogens is 2. The number of halogens is 1. The molecule has 28 heavy (non-hydrogen) atoms. The van der Waals surface area contributed by atoms with Crippen LogP contribution in [0.25, 0.3) is 0 Å². The van der Waals surface area contributed by atoms with Gasteiger partial charge in [-0.15, -0.1) is 35.3 Å². The molecule has 0 radical (unpaired) electrons. The number of carbonyl (C=O) groups is 1. The van der Waals surface area contributed by atoms with E-state index in [1.54, 1.807) is 23.6 Å². The lowest BCUT2D eigenvalue weighted by molar-refractivity contribution is -0.116. The smallest absolute Gasteiger partial charge is 0.227 e. The number of hydrogen-bond acceptors (Lipinski definition) is 5. The first-order valence-corrected chi connectivity index (χ1v) is 9.97. The Balaban J connectivity index is 0.00000392. The summed E-state index contributed by atoms with van der Waals surface area (Å²) in [6, 6.07) is 3.72. The van der Waals surface area contributed by atoms with E-state index in [0.717, 1.165) is 29.2 Å². The van der Waals surface area contributed by atoms with Crippen LogP contribution in [0.1, 0.15) is 34.5 Å². The number of thiazole rings is 1. The van der Waals surface area contributed by atoms with E-state index in [9.17, 15) is 4.79 Å². The minimum Gasteiger partial charge on any atom is -0.357 e. The van der Waals surface area contributed by atoms with Crippen LogP contribution < -0.4 is 16.0 Å². The minimum absolute atomic E-state index is 0. The van der Waals surface area contributed by atoms with Crippen LogP contribution in [0.2, 0.25) is 0 Å². The van der Waals surface area contributed by atoms with Crippen molar-refractivity contribution in [1.82, 2.24) is 20.6 Å². The predicted octanol–water partition coefficient (Wildman–Crippen LogP) is 3.21. The van der Waals surface area contributed by atoms with Crippen molar-refractivity contribution in [2.24, 2.45) is 4.99 Å². The van der Waals surface area contributed by atoms with Crippen molar-refractivity contribution < 1.29 is 4.79 Å². The fourth-order valence-electron chi connectivity index (χ4n) is 2.29. The van der Waals surface area contributed by atoms with Crippen LogP contribution in [0.15, 0.2) is 23.3 Å². The Morgan fingerprint density at radius 3 is 2.61 bits per heavy atom. The number of hydrogen-bond donors (Lipinski definition) is 3. The van der Waals surface area contributed by atoms with E-state index in [2.05, 4.69) is 37.8 Å². The molecule has 2 rings (SSSR count). The van der Waals surface area contributed by atoms with Gasteiger partial charge in [-0.25, -0.2) is 9.97 Å². The second-order valence-corrected chi connectivity index (χ2v) is 7.49. The Morgan fingerprint density at radius 1 is 1.21 bits per heavy atom. The first-order chi connectivity index (χ1) is 13.0. The van der Waals surface area contributed by atoms with Crippen LogP contribution in [0, 0.1) is 20.8 Å². The number of aliphatic imine (C=N–C) groups is 1. The number of guanidine groups is 1. The van der Waals surface area contributed by atoms with Crippen LogP contribution >= 0.6 is 35.3 Å². The molecule has 9 heteroatoms. The molecule has 0 fully saturated rings. The van der Waals surface area contributed by atoms with Crippen LogP contribution in [0.3, 0.4) is 0 Å². The third kappa shape index (κ3) is 8.51. The first-order valence-electron chi connectivity index (χ1n) is 9.15. The number of nitrogens with one attached hydrogen (secondary N) is 3. The molecule has 2 aromatic rings. The number of rotatable bonds is 8. The maximum Gasteiger partial charge on any atom is 0.227 e. The van der Waals surface area contributed by atoms with Gasteiger partial charge in [-0.05, 0) is 39.3 Å². The van der Waals surface area contributed by atoms with E-state index in [1.807, 2.05) is 26.8 Å². The molecule has 0 atom stereocenters. The molecular formula is C19H29IN6OS. The molecule has 154 valence electrons. The standard InChI is InChI=1S/C19H28N6OS.HI/c1-5-20-19(22-11-9-18-24-14(3)15(4)27-18)21-10-8-17(26)25-16-7-6-13(2)12-23-16;/h6-7,12H,5,8-11H2,1-4H3,(H2,20,21,22)(H,23,25,26);1H. The van der Waals surface area contributed by atoms with Crippen LogP contribution in [-0.4, -0.2) is 41.5 Å². The van der Waals surface area contributed by atoms with Gasteiger partial charge < -0.3 is 16.0 Å². The summed E-state index contributed by atoms with van der Waals surface area (Å²) in [5.41, 5.74) is 2.15. The summed E-state index contributed by atoms with van der Waals surface area (Å²) < 4.78 is 0. The maximum atomic E-state index is 12.0. The average molecular weight is 516 g/mol. The van der Waals surface area contributed by atoms with E-state index in [4.69, 9.17) is 0 Å². The Hall–Kier alpha value is -1.75. The van der Waals surface area contributed by atoms with E-state index in [-0.39, 0.29) is 29.9 Å². The van der Waals surface area contributed by atoms with Gasteiger partial charge in [0.1, 0.15) is 5.82 Å². The van der Waals surface area contributed by atoms with Gasteiger partial charge in [0.05, 0.1) is 10.7 Å². The summed E-state index contributed by atoms with van der Waals surface area (Å²) in [6.45, 7) is 10.0. The second-order valence-electron chi connectivity index (χ2n) is 6.21. The van der Waals surface area contributed by atoms with Crippen LogP contribution in [0.4, 0.5) is 5.82 Å². The lowest BCUT2D eigenvalue weighted by Gasteiger charge is -2.11. The largest absolute Gasteiger partial charge is 0.357 e. The summed E-state index contributed by atoms with van der Waals surface area (Å²) in [6.07, 6.45) is 2.88. The van der Waals surface area contributed by atoms with Crippen molar-refractivity contribution in [1.29, 1.82) is 0 Å². The topological polar surface area (TPSA) is 91.3 Å². The third-order valence-electron chi connectivity index (χ3n) is 3.84. The van der Waals surface area contributed by atoms with E-state index in [1.165, 1.54) is 4.88 Å². The van der Waals surface area contributed by atoms with Gasteiger partial charge in [0.25, 0.3) is 0 Å². The lowest BCUT2D eigenvalue weighted by Crippen LogP contribution is -2.38. The van der Waals surface area contributed by atoms with Gasteiger partial charge in [0.2, 0.25) is 5.91 Å². The summed E-state index contributed by atoms with van der Waals surface area (Å²) in [5, 5.41) is 10.3. The summed E-state index contributed by atoms with van der Waals surface area (Å²) in [5.74, 6) is 1.20. The number of amides is 1. The molecule has 0 aliphatic carbocycles. The van der Waals surface area contributed by atoms with Gasteiger partial charge in [0.15, 0.2) is 5.96 Å². The fourth-order valence-corrected chi connectivity index (χ4v) is 3.22. The zero-order chi connectivity index (χ0) is 19.6. The highest BCUT2D eigenvalue weighted by Crippen LogP contribution is 2.16. The molecule has 0 unspecified atom stereocenters. The maximum absolute atomic E-state index is 12.0. The first kappa shape index (κ1) is 24.3. The number of nitrogens with zero attached hydrogens (tertiary/aromatic N) is 3. The zero-order valence-corrected chi connectivity index (χ0v) is 20.0. The van der Waals surface area contributed by atoms with Crippen molar-refractivity contribution in [3.8, 4) is 0 Å². The Kier molecular flexibility index (Phi) is 11.0. The van der Waals surface area contributed by atoms with Crippen LogP contribution in [0.5, 0.6) is 0 Å². The van der Waals surface area contributed by atoms with Crippen molar-refractivity contribution in [2.45, 2.75) is 40.5 Å². The summed E-state index contributed by atoms with van der Waals surface area (Å²) in [7, 11) is 0. The number of anilines is 1. The molecule has 0 saturated carbocycles. The Bertz CT molecular complexity index is 756. The summed E-state index contributed by atoms with van der Waals surface area (Å²) in [4.78, 5) is 26.5.